The third kappa shape index (κ3) is 5.68. The number of aryl methyl sites for hydroxylation is 1. The van der Waals surface area contributed by atoms with E-state index in [0.29, 0.717) is 23.5 Å². The van der Waals surface area contributed by atoms with E-state index in [-0.39, 0.29) is 0 Å². The van der Waals surface area contributed by atoms with Crippen molar-refractivity contribution >= 4 is 0 Å². The lowest BCUT2D eigenvalue weighted by atomic mass is 9.77. The van der Waals surface area contributed by atoms with Gasteiger partial charge in [-0.25, -0.2) is 8.78 Å². The van der Waals surface area contributed by atoms with Crippen molar-refractivity contribution in [2.45, 2.75) is 90.4 Å². The van der Waals surface area contributed by atoms with Gasteiger partial charge in [0.2, 0.25) is 0 Å². The Hall–Kier alpha value is -1.70. The van der Waals surface area contributed by atoms with Crippen LogP contribution in [0.3, 0.4) is 0 Å². The van der Waals surface area contributed by atoms with Gasteiger partial charge < -0.3 is 0 Å². The number of unbranched alkanes of at least 4 members (excludes halogenated alkanes) is 3. The van der Waals surface area contributed by atoms with E-state index in [2.05, 4.69) is 26.0 Å². The fraction of sp³-hybridized carbons (Fsp3) is 0.556. The second kappa shape index (κ2) is 10.9. The molecule has 0 N–H and O–H groups in total. The number of hydrogen-bond donors (Lipinski definition) is 0. The molecule has 0 aliphatic heterocycles. The van der Waals surface area contributed by atoms with Crippen LogP contribution in [0.4, 0.5) is 8.78 Å². The summed E-state index contributed by atoms with van der Waals surface area (Å²) in [5.74, 6) is 0.130. The largest absolute Gasteiger partial charge is 0.203 e. The summed E-state index contributed by atoms with van der Waals surface area (Å²) >= 11 is 0. The first-order valence-corrected chi connectivity index (χ1v) is 11.7. The number of halogens is 2. The third-order valence-corrected chi connectivity index (χ3v) is 6.72. The second-order valence-electron chi connectivity index (χ2n) is 8.84. The zero-order chi connectivity index (χ0) is 20.6. The highest BCUT2D eigenvalue weighted by atomic mass is 19.2. The van der Waals surface area contributed by atoms with Crippen LogP contribution in [-0.4, -0.2) is 0 Å². The zero-order valence-corrected chi connectivity index (χ0v) is 18.2. The maximum Gasteiger partial charge on any atom is 0.166 e. The highest BCUT2D eigenvalue weighted by Crippen LogP contribution is 2.38. The fourth-order valence-corrected chi connectivity index (χ4v) is 4.78. The lowest BCUT2D eigenvalue weighted by Gasteiger charge is -2.29. The average molecular weight is 399 g/mol. The average Bonchev–Trinajstić information content (AvgIpc) is 2.76. The van der Waals surface area contributed by atoms with Crippen molar-refractivity contribution in [2.24, 2.45) is 5.92 Å². The molecule has 0 saturated heterocycles. The van der Waals surface area contributed by atoms with Gasteiger partial charge in [-0.15, -0.1) is 0 Å². The van der Waals surface area contributed by atoms with Crippen LogP contribution in [0.1, 0.15) is 95.1 Å². The van der Waals surface area contributed by atoms with Crippen LogP contribution in [0, 0.1) is 17.6 Å². The Morgan fingerprint density at radius 2 is 1.45 bits per heavy atom. The summed E-state index contributed by atoms with van der Waals surface area (Å²) in [7, 11) is 0. The first-order chi connectivity index (χ1) is 14.1. The molecule has 0 heterocycles. The molecular formula is C27H36F2. The molecule has 158 valence electrons. The van der Waals surface area contributed by atoms with Gasteiger partial charge in [0.05, 0.1) is 0 Å². The molecule has 2 aromatic carbocycles. The van der Waals surface area contributed by atoms with Crippen LogP contribution in [0.2, 0.25) is 0 Å². The van der Waals surface area contributed by atoms with Crippen LogP contribution in [0.25, 0.3) is 11.1 Å². The molecule has 1 aliphatic carbocycles. The van der Waals surface area contributed by atoms with Gasteiger partial charge in [-0.05, 0) is 67.1 Å². The summed E-state index contributed by atoms with van der Waals surface area (Å²) in [6, 6.07) is 11.7. The van der Waals surface area contributed by atoms with Gasteiger partial charge in [0.1, 0.15) is 0 Å². The normalized spacial score (nSPS) is 19.4. The van der Waals surface area contributed by atoms with Crippen molar-refractivity contribution in [3.05, 3.63) is 59.2 Å². The summed E-state index contributed by atoms with van der Waals surface area (Å²) < 4.78 is 29.0. The molecule has 1 aliphatic rings. The topological polar surface area (TPSA) is 0 Å². The fourth-order valence-electron chi connectivity index (χ4n) is 4.78. The molecule has 2 aromatic rings. The smallest absolute Gasteiger partial charge is 0.166 e. The molecule has 0 atom stereocenters. The van der Waals surface area contributed by atoms with Crippen molar-refractivity contribution in [1.29, 1.82) is 0 Å². The molecule has 3 rings (SSSR count). The summed E-state index contributed by atoms with van der Waals surface area (Å²) in [6.45, 7) is 4.32. The Bertz CT molecular complexity index is 755. The summed E-state index contributed by atoms with van der Waals surface area (Å²) in [5.41, 5.74) is 2.97. The van der Waals surface area contributed by atoms with Crippen molar-refractivity contribution in [3.63, 3.8) is 0 Å². The number of hydrogen-bond acceptors (Lipinski definition) is 0. The SMILES string of the molecule is CCCCC[C@H]1CC[C@H](c2ccc(-c3ccc(CCCC)c(F)c3F)cc2)CC1. The van der Waals surface area contributed by atoms with Crippen molar-refractivity contribution in [1.82, 2.24) is 0 Å². The van der Waals surface area contributed by atoms with Crippen molar-refractivity contribution in [3.8, 4) is 11.1 Å². The van der Waals surface area contributed by atoms with Crippen molar-refractivity contribution < 1.29 is 8.78 Å². The van der Waals surface area contributed by atoms with Crippen LogP contribution in [0.15, 0.2) is 36.4 Å². The molecule has 2 heteroatoms. The van der Waals surface area contributed by atoms with E-state index in [9.17, 15) is 8.78 Å². The zero-order valence-electron chi connectivity index (χ0n) is 18.2. The van der Waals surface area contributed by atoms with Gasteiger partial charge >= 0.3 is 0 Å². The quantitative estimate of drug-likeness (QED) is 0.370. The lowest BCUT2D eigenvalue weighted by Crippen LogP contribution is -2.13. The minimum absolute atomic E-state index is 0.369. The minimum atomic E-state index is -0.709. The minimum Gasteiger partial charge on any atom is -0.203 e. The predicted molar refractivity (Wildman–Crippen MR) is 119 cm³/mol. The number of benzene rings is 2. The Balaban J connectivity index is 1.63. The number of rotatable bonds is 9. The van der Waals surface area contributed by atoms with Gasteiger partial charge in [-0.2, -0.15) is 0 Å². The van der Waals surface area contributed by atoms with Crippen LogP contribution < -0.4 is 0 Å². The molecule has 0 unspecified atom stereocenters. The van der Waals surface area contributed by atoms with Gasteiger partial charge in [-0.1, -0.05) is 82.3 Å². The van der Waals surface area contributed by atoms with E-state index in [0.717, 1.165) is 24.3 Å². The van der Waals surface area contributed by atoms with E-state index in [4.69, 9.17) is 0 Å². The highest BCUT2D eigenvalue weighted by molar-refractivity contribution is 5.65. The summed E-state index contributed by atoms with van der Waals surface area (Å²) in [6.07, 6.45) is 13.0. The summed E-state index contributed by atoms with van der Waals surface area (Å²) in [4.78, 5) is 0. The van der Waals surface area contributed by atoms with Gasteiger partial charge in [0.25, 0.3) is 0 Å². The molecule has 29 heavy (non-hydrogen) atoms. The summed E-state index contributed by atoms with van der Waals surface area (Å²) in [5, 5.41) is 0. The first-order valence-electron chi connectivity index (χ1n) is 11.7. The maximum absolute atomic E-state index is 14.6. The van der Waals surface area contributed by atoms with E-state index in [1.165, 1.54) is 56.9 Å². The van der Waals surface area contributed by atoms with E-state index < -0.39 is 11.6 Å². The van der Waals surface area contributed by atoms with Crippen LogP contribution in [0.5, 0.6) is 0 Å². The Morgan fingerprint density at radius 1 is 0.759 bits per heavy atom. The molecule has 0 spiro atoms. The van der Waals surface area contributed by atoms with Gasteiger partial charge in [-0.3, -0.25) is 0 Å². The maximum atomic E-state index is 14.6. The van der Waals surface area contributed by atoms with E-state index >= 15 is 0 Å². The molecule has 0 bridgehead atoms. The first kappa shape index (κ1) is 22.0. The Morgan fingerprint density at radius 3 is 2.10 bits per heavy atom. The van der Waals surface area contributed by atoms with Gasteiger partial charge in [0, 0.05) is 5.56 Å². The highest BCUT2D eigenvalue weighted by Gasteiger charge is 2.22. The standard InChI is InChI=1S/C27H36F2/c1-3-5-7-8-20-10-12-21(13-11-20)22-14-16-23(17-15-22)25-19-18-24(9-6-4-2)26(28)27(25)29/h14-21H,3-13H2,1-2H3/t20-,21-. The molecule has 0 radical (unpaired) electrons. The molecule has 1 fully saturated rings. The molecule has 1 saturated carbocycles. The van der Waals surface area contributed by atoms with Crippen LogP contribution in [-0.2, 0) is 6.42 Å². The molecule has 0 nitrogen and oxygen atoms in total. The molecule has 0 amide bonds. The van der Waals surface area contributed by atoms with Gasteiger partial charge in [0.15, 0.2) is 11.6 Å². The monoisotopic (exact) mass is 398 g/mol. The molecule has 0 aromatic heterocycles. The Labute approximate surface area is 175 Å². The second-order valence-corrected chi connectivity index (χ2v) is 8.84. The predicted octanol–water partition coefficient (Wildman–Crippen LogP) is 8.83. The van der Waals surface area contributed by atoms with E-state index in [1.54, 1.807) is 12.1 Å². The van der Waals surface area contributed by atoms with Crippen LogP contribution >= 0.6 is 0 Å². The third-order valence-electron chi connectivity index (χ3n) is 6.72. The van der Waals surface area contributed by atoms with E-state index in [1.807, 2.05) is 12.1 Å². The molecular weight excluding hydrogens is 362 g/mol. The Kier molecular flexibility index (Phi) is 8.27. The lowest BCUT2D eigenvalue weighted by molar-refractivity contribution is 0.303. The van der Waals surface area contributed by atoms with Crippen molar-refractivity contribution in [2.75, 3.05) is 0 Å².